The Morgan fingerprint density at radius 2 is 1.85 bits per heavy atom. The monoisotopic (exact) mass is 293 g/mol. The number of amides is 1. The summed E-state index contributed by atoms with van der Waals surface area (Å²) in [5.74, 6) is -0.531. The highest BCUT2D eigenvalue weighted by Crippen LogP contribution is 1.99. The number of carbonyl (C=O) groups excluding carboxylic acids is 1. The van der Waals surface area contributed by atoms with Crippen LogP contribution in [0, 0.1) is 5.82 Å². The van der Waals surface area contributed by atoms with Crippen molar-refractivity contribution in [1.29, 1.82) is 0 Å². The highest BCUT2D eigenvalue weighted by molar-refractivity contribution is 5.81. The van der Waals surface area contributed by atoms with Crippen LogP contribution >= 0.6 is 0 Å². The molecule has 1 N–H and O–H groups in total. The molecule has 0 spiro atoms. The second-order valence-corrected chi connectivity index (χ2v) is 3.89. The van der Waals surface area contributed by atoms with E-state index >= 15 is 0 Å². The van der Waals surface area contributed by atoms with Crippen molar-refractivity contribution < 1.29 is 26.2 Å². The molecule has 0 fully saturated rings. The number of benzene rings is 1. The number of carbonyl (C=O) groups is 1. The third-order valence-electron chi connectivity index (χ3n) is 2.38. The molecule has 1 heterocycles. The molecule has 2 rings (SSSR count). The quantitative estimate of drug-likeness (QED) is 0.406. The van der Waals surface area contributed by atoms with Crippen LogP contribution in [-0.4, -0.2) is 12.1 Å². The van der Waals surface area contributed by atoms with Crippen molar-refractivity contribution in [3.05, 3.63) is 66.2 Å². The second-order valence-electron chi connectivity index (χ2n) is 3.89. The van der Waals surface area contributed by atoms with Gasteiger partial charge in [0.2, 0.25) is 6.54 Å². The van der Waals surface area contributed by atoms with Gasteiger partial charge in [-0.05, 0) is 17.7 Å². The summed E-state index contributed by atoms with van der Waals surface area (Å²) in [5, 5.41) is 3.81. The maximum absolute atomic E-state index is 12.7. The molecule has 0 aliphatic heterocycles. The summed E-state index contributed by atoms with van der Waals surface area (Å²) >= 11 is 0. The van der Waals surface area contributed by atoms with E-state index in [9.17, 15) is 9.18 Å². The number of nitrogens with zero attached hydrogens (tertiary/aromatic N) is 2. The van der Waals surface area contributed by atoms with Gasteiger partial charge in [0.15, 0.2) is 12.4 Å². The van der Waals surface area contributed by atoms with Gasteiger partial charge in [0.1, 0.15) is 5.82 Å². The summed E-state index contributed by atoms with van der Waals surface area (Å²) in [4.78, 5) is 11.6. The van der Waals surface area contributed by atoms with Crippen LogP contribution in [0.15, 0.2) is 60.0 Å². The topological polar surface area (TPSA) is 45.3 Å². The number of hydrazone groups is 1. The van der Waals surface area contributed by atoms with Crippen LogP contribution in [0.25, 0.3) is 0 Å². The number of rotatable bonds is 4. The Morgan fingerprint density at radius 3 is 2.50 bits per heavy atom. The molecule has 2 aromatic rings. The van der Waals surface area contributed by atoms with Crippen LogP contribution in [0.2, 0.25) is 0 Å². The molecular weight excluding hydrogens is 281 g/mol. The van der Waals surface area contributed by atoms with Gasteiger partial charge in [0.05, 0.1) is 6.21 Å². The van der Waals surface area contributed by atoms with Gasteiger partial charge in [0, 0.05) is 12.1 Å². The Balaban J connectivity index is 0.00000200. The van der Waals surface area contributed by atoms with Gasteiger partial charge >= 0.3 is 5.91 Å². The summed E-state index contributed by atoms with van der Waals surface area (Å²) in [6, 6.07) is 11.4. The number of hydrogen-bond acceptors (Lipinski definition) is 2. The molecule has 0 bridgehead atoms. The smallest absolute Gasteiger partial charge is 0.305 e. The van der Waals surface area contributed by atoms with Crippen molar-refractivity contribution in [3.63, 3.8) is 0 Å². The molecule has 0 aliphatic carbocycles. The number of nitrogens with one attached hydrogen (secondary N) is 1. The standard InChI is InChI=1S/C14H12FN3O.ClH/c15-13-6-4-12(5-7-13)10-16-17-14(19)11-18-8-2-1-3-9-18;/h1-10H,11H2;1H/b16-10+;. The third kappa shape index (κ3) is 5.16. The number of aromatic nitrogens is 1. The van der Waals surface area contributed by atoms with Crippen molar-refractivity contribution in [1.82, 2.24) is 5.43 Å². The van der Waals surface area contributed by atoms with E-state index in [1.165, 1.54) is 18.3 Å². The van der Waals surface area contributed by atoms with Crippen LogP contribution < -0.4 is 22.4 Å². The SMILES string of the molecule is O=C(C[n+]1ccccc1)N/N=C/c1ccc(F)cc1.[Cl-]. The summed E-state index contributed by atoms with van der Waals surface area (Å²) in [6.45, 7) is 0.196. The van der Waals surface area contributed by atoms with Gasteiger partial charge in [-0.25, -0.2) is 9.82 Å². The summed E-state index contributed by atoms with van der Waals surface area (Å²) < 4.78 is 14.4. The fourth-order valence-electron chi connectivity index (χ4n) is 1.47. The Kier molecular flexibility index (Phi) is 6.32. The van der Waals surface area contributed by atoms with Crippen LogP contribution in [-0.2, 0) is 11.3 Å². The Labute approximate surface area is 122 Å². The zero-order valence-electron chi connectivity index (χ0n) is 10.5. The third-order valence-corrected chi connectivity index (χ3v) is 2.38. The predicted molar refractivity (Wildman–Crippen MR) is 68.8 cm³/mol. The molecule has 0 aliphatic rings. The first-order valence-corrected chi connectivity index (χ1v) is 5.75. The predicted octanol–water partition coefficient (Wildman–Crippen LogP) is -1.73. The fraction of sp³-hybridized carbons (Fsp3) is 0.0714. The van der Waals surface area contributed by atoms with E-state index in [1.807, 2.05) is 18.2 Å². The summed E-state index contributed by atoms with van der Waals surface area (Å²) in [5.41, 5.74) is 3.13. The minimum atomic E-state index is -0.304. The highest BCUT2D eigenvalue weighted by atomic mass is 35.5. The molecule has 20 heavy (non-hydrogen) atoms. The lowest BCUT2D eigenvalue weighted by Gasteiger charge is -1.96. The van der Waals surface area contributed by atoms with Crippen LogP contribution in [0.5, 0.6) is 0 Å². The lowest BCUT2D eigenvalue weighted by Crippen LogP contribution is -3.00. The summed E-state index contributed by atoms with van der Waals surface area (Å²) in [7, 11) is 0. The van der Waals surface area contributed by atoms with Gasteiger partial charge in [-0.15, -0.1) is 0 Å². The molecular formula is C14H13ClFN3O. The van der Waals surface area contributed by atoms with Crippen LogP contribution in [0.4, 0.5) is 4.39 Å². The summed E-state index contributed by atoms with van der Waals surface area (Å²) in [6.07, 6.45) is 5.06. The van der Waals surface area contributed by atoms with E-state index in [1.54, 1.807) is 29.1 Å². The molecule has 6 heteroatoms. The van der Waals surface area contributed by atoms with Crippen molar-refractivity contribution in [2.24, 2.45) is 5.10 Å². The van der Waals surface area contributed by atoms with Gasteiger partial charge in [-0.1, -0.05) is 18.2 Å². The first-order chi connectivity index (χ1) is 9.24. The molecule has 0 atom stereocenters. The number of pyridine rings is 1. The zero-order valence-corrected chi connectivity index (χ0v) is 11.3. The zero-order chi connectivity index (χ0) is 13.5. The van der Waals surface area contributed by atoms with Crippen molar-refractivity contribution >= 4 is 12.1 Å². The molecule has 1 aromatic carbocycles. The average Bonchev–Trinajstić information content (AvgIpc) is 2.42. The van der Waals surface area contributed by atoms with Crippen LogP contribution in [0.3, 0.4) is 0 Å². The highest BCUT2D eigenvalue weighted by Gasteiger charge is 2.06. The van der Waals surface area contributed by atoms with Gasteiger partial charge in [-0.2, -0.15) is 9.67 Å². The lowest BCUT2D eigenvalue weighted by molar-refractivity contribution is -0.684. The Bertz CT molecular complexity index is 573. The molecule has 4 nitrogen and oxygen atoms in total. The second kappa shape index (κ2) is 8.01. The maximum Gasteiger partial charge on any atom is 0.305 e. The molecule has 0 radical (unpaired) electrons. The first-order valence-electron chi connectivity index (χ1n) is 5.75. The maximum atomic E-state index is 12.7. The molecule has 0 saturated heterocycles. The molecule has 104 valence electrons. The lowest BCUT2D eigenvalue weighted by atomic mass is 10.2. The van der Waals surface area contributed by atoms with E-state index < -0.39 is 0 Å². The van der Waals surface area contributed by atoms with Crippen molar-refractivity contribution in [2.75, 3.05) is 0 Å². The molecule has 0 saturated carbocycles. The first kappa shape index (κ1) is 15.8. The minimum Gasteiger partial charge on any atom is -1.00 e. The molecule has 0 unspecified atom stereocenters. The van der Waals surface area contributed by atoms with Crippen molar-refractivity contribution in [3.8, 4) is 0 Å². The number of hydrogen-bond donors (Lipinski definition) is 1. The Hall–Kier alpha value is -2.27. The van der Waals surface area contributed by atoms with E-state index in [2.05, 4.69) is 10.5 Å². The van der Waals surface area contributed by atoms with Gasteiger partial charge < -0.3 is 12.4 Å². The van der Waals surface area contributed by atoms with Gasteiger partial charge in [0.25, 0.3) is 0 Å². The fourth-order valence-corrected chi connectivity index (χ4v) is 1.47. The minimum absolute atomic E-state index is 0. The number of halogens is 2. The molecule has 1 amide bonds. The van der Waals surface area contributed by atoms with E-state index in [-0.39, 0.29) is 30.7 Å². The average molecular weight is 294 g/mol. The molecule has 1 aromatic heterocycles. The van der Waals surface area contributed by atoms with E-state index in [0.29, 0.717) is 5.56 Å². The van der Waals surface area contributed by atoms with Gasteiger partial charge in [-0.3, -0.25) is 4.79 Å². The Morgan fingerprint density at radius 1 is 1.20 bits per heavy atom. The van der Waals surface area contributed by atoms with Crippen molar-refractivity contribution in [2.45, 2.75) is 6.54 Å². The largest absolute Gasteiger partial charge is 1.00 e. The van der Waals surface area contributed by atoms with Crippen LogP contribution in [0.1, 0.15) is 5.56 Å². The van der Waals surface area contributed by atoms with E-state index in [0.717, 1.165) is 0 Å². The normalized spacial score (nSPS) is 10.1. The van der Waals surface area contributed by atoms with E-state index in [4.69, 9.17) is 0 Å².